The first-order chi connectivity index (χ1) is 14.3. The second-order valence-corrected chi connectivity index (χ2v) is 9.52. The molecule has 4 nitrogen and oxygen atoms in total. The predicted molar refractivity (Wildman–Crippen MR) is 123 cm³/mol. The van der Waals surface area contributed by atoms with Gasteiger partial charge in [0.15, 0.2) is 0 Å². The van der Waals surface area contributed by atoms with Gasteiger partial charge in [0.05, 0.1) is 19.3 Å². The molecule has 1 N–H and O–H groups in total. The number of hydrogen-bond acceptors (Lipinski definition) is 3. The molecular formula is C26H36N2O2. The third kappa shape index (κ3) is 5.71. The van der Waals surface area contributed by atoms with E-state index >= 15 is 0 Å². The van der Waals surface area contributed by atoms with E-state index in [4.69, 9.17) is 4.74 Å². The number of carbonyl (C=O) groups excluding carboxylic acids is 1. The third-order valence-corrected chi connectivity index (χ3v) is 5.94. The summed E-state index contributed by atoms with van der Waals surface area (Å²) >= 11 is 0. The van der Waals surface area contributed by atoms with Gasteiger partial charge in [0.2, 0.25) is 0 Å². The molecule has 0 saturated carbocycles. The minimum Gasteiger partial charge on any atom is -0.379 e. The molecule has 162 valence electrons. The quantitative estimate of drug-likeness (QED) is 0.738. The Labute approximate surface area is 181 Å². The van der Waals surface area contributed by atoms with E-state index in [0.29, 0.717) is 18.0 Å². The van der Waals surface area contributed by atoms with Crippen LogP contribution in [0.1, 0.15) is 73.6 Å². The summed E-state index contributed by atoms with van der Waals surface area (Å²) in [5.74, 6) is 0.490. The van der Waals surface area contributed by atoms with Gasteiger partial charge in [-0.25, -0.2) is 0 Å². The summed E-state index contributed by atoms with van der Waals surface area (Å²) in [5, 5.41) is 3.17. The summed E-state index contributed by atoms with van der Waals surface area (Å²) in [6, 6.07) is 16.9. The van der Waals surface area contributed by atoms with Crippen LogP contribution < -0.4 is 5.32 Å². The Balaban J connectivity index is 1.72. The lowest BCUT2D eigenvalue weighted by Gasteiger charge is -2.35. The zero-order valence-electron chi connectivity index (χ0n) is 19.1. The molecule has 1 saturated heterocycles. The molecular weight excluding hydrogens is 372 g/mol. The average molecular weight is 409 g/mol. The first-order valence-corrected chi connectivity index (χ1v) is 11.1. The third-order valence-electron chi connectivity index (χ3n) is 5.94. The topological polar surface area (TPSA) is 41.6 Å². The van der Waals surface area contributed by atoms with Gasteiger partial charge < -0.3 is 10.1 Å². The number of amides is 1. The molecule has 1 aliphatic rings. The van der Waals surface area contributed by atoms with Crippen LogP contribution in [0.2, 0.25) is 0 Å². The van der Waals surface area contributed by atoms with Crippen molar-refractivity contribution in [3.63, 3.8) is 0 Å². The zero-order chi connectivity index (χ0) is 21.7. The van der Waals surface area contributed by atoms with Gasteiger partial charge in [0.1, 0.15) is 0 Å². The van der Waals surface area contributed by atoms with Gasteiger partial charge in [-0.2, -0.15) is 0 Å². The fraction of sp³-hybridized carbons (Fsp3) is 0.500. The highest BCUT2D eigenvalue weighted by atomic mass is 16.5. The number of rotatable bonds is 6. The molecule has 0 aromatic heterocycles. The van der Waals surface area contributed by atoms with E-state index in [9.17, 15) is 4.79 Å². The van der Waals surface area contributed by atoms with E-state index in [0.717, 1.165) is 26.3 Å². The van der Waals surface area contributed by atoms with Gasteiger partial charge in [0, 0.05) is 25.2 Å². The highest BCUT2D eigenvalue weighted by Crippen LogP contribution is 2.25. The van der Waals surface area contributed by atoms with Gasteiger partial charge in [-0.15, -0.1) is 0 Å². The van der Waals surface area contributed by atoms with Crippen molar-refractivity contribution >= 4 is 5.91 Å². The Kier molecular flexibility index (Phi) is 7.32. The summed E-state index contributed by atoms with van der Waals surface area (Å²) in [5.41, 5.74) is 4.60. The van der Waals surface area contributed by atoms with Crippen LogP contribution in [-0.2, 0) is 10.2 Å². The number of carbonyl (C=O) groups is 1. The number of nitrogens with zero attached hydrogens (tertiary/aromatic N) is 1. The van der Waals surface area contributed by atoms with Crippen LogP contribution in [0, 0.1) is 0 Å². The molecule has 0 spiro atoms. The van der Waals surface area contributed by atoms with Crippen LogP contribution in [0.3, 0.4) is 0 Å². The van der Waals surface area contributed by atoms with Crippen molar-refractivity contribution in [3.05, 3.63) is 70.8 Å². The number of morpholine rings is 1. The van der Waals surface area contributed by atoms with E-state index in [-0.39, 0.29) is 17.4 Å². The van der Waals surface area contributed by atoms with Gasteiger partial charge in [-0.3, -0.25) is 9.69 Å². The molecule has 30 heavy (non-hydrogen) atoms. The monoisotopic (exact) mass is 408 g/mol. The van der Waals surface area contributed by atoms with Crippen molar-refractivity contribution in [2.75, 3.05) is 32.8 Å². The van der Waals surface area contributed by atoms with E-state index in [2.05, 4.69) is 81.2 Å². The smallest absolute Gasteiger partial charge is 0.251 e. The zero-order valence-corrected chi connectivity index (χ0v) is 19.1. The molecule has 2 aromatic carbocycles. The fourth-order valence-electron chi connectivity index (χ4n) is 3.86. The lowest BCUT2D eigenvalue weighted by molar-refractivity contribution is 0.0162. The lowest BCUT2D eigenvalue weighted by atomic mass is 9.86. The highest BCUT2D eigenvalue weighted by molar-refractivity contribution is 5.94. The Bertz CT molecular complexity index is 814. The minimum atomic E-state index is -0.0208. The standard InChI is InChI=1S/C26H36N2O2/c1-19(2)20-6-8-21(9-7-20)24(28-14-16-30-17-15-28)18-27-25(29)22-10-12-23(13-11-22)26(3,4)5/h6-13,19,24H,14-18H2,1-5H3,(H,27,29)/t24-/m0/s1. The molecule has 0 bridgehead atoms. The van der Waals surface area contributed by atoms with E-state index in [1.807, 2.05) is 12.1 Å². The molecule has 2 aromatic rings. The number of hydrogen-bond donors (Lipinski definition) is 1. The Morgan fingerprint density at radius 1 is 0.967 bits per heavy atom. The van der Waals surface area contributed by atoms with Crippen molar-refractivity contribution in [2.45, 2.75) is 52.0 Å². The molecule has 3 rings (SSSR count). The highest BCUT2D eigenvalue weighted by Gasteiger charge is 2.24. The molecule has 1 amide bonds. The van der Waals surface area contributed by atoms with Gasteiger partial charge in [0.25, 0.3) is 5.91 Å². The Hall–Kier alpha value is -2.17. The van der Waals surface area contributed by atoms with Crippen LogP contribution >= 0.6 is 0 Å². The molecule has 1 heterocycles. The first-order valence-electron chi connectivity index (χ1n) is 11.1. The summed E-state index contributed by atoms with van der Waals surface area (Å²) in [6.07, 6.45) is 0. The minimum absolute atomic E-state index is 0.0208. The maximum Gasteiger partial charge on any atom is 0.251 e. The largest absolute Gasteiger partial charge is 0.379 e. The van der Waals surface area contributed by atoms with Crippen LogP contribution in [0.15, 0.2) is 48.5 Å². The average Bonchev–Trinajstić information content (AvgIpc) is 2.74. The van der Waals surface area contributed by atoms with Crippen molar-refractivity contribution < 1.29 is 9.53 Å². The molecule has 1 aliphatic heterocycles. The van der Waals surface area contributed by atoms with Crippen LogP contribution in [-0.4, -0.2) is 43.7 Å². The number of ether oxygens (including phenoxy) is 1. The molecule has 4 heteroatoms. The summed E-state index contributed by atoms with van der Waals surface area (Å²) < 4.78 is 5.54. The van der Waals surface area contributed by atoms with Crippen LogP contribution in [0.4, 0.5) is 0 Å². The Morgan fingerprint density at radius 3 is 2.07 bits per heavy atom. The second-order valence-electron chi connectivity index (χ2n) is 9.52. The number of benzene rings is 2. The molecule has 0 radical (unpaired) electrons. The van der Waals surface area contributed by atoms with E-state index < -0.39 is 0 Å². The van der Waals surface area contributed by atoms with Crippen molar-refractivity contribution in [2.24, 2.45) is 0 Å². The van der Waals surface area contributed by atoms with Crippen LogP contribution in [0.5, 0.6) is 0 Å². The van der Waals surface area contributed by atoms with Crippen molar-refractivity contribution in [1.29, 1.82) is 0 Å². The van der Waals surface area contributed by atoms with Crippen LogP contribution in [0.25, 0.3) is 0 Å². The van der Waals surface area contributed by atoms with Crippen molar-refractivity contribution in [3.8, 4) is 0 Å². The lowest BCUT2D eigenvalue weighted by Crippen LogP contribution is -2.43. The maximum atomic E-state index is 12.8. The van der Waals surface area contributed by atoms with E-state index in [1.54, 1.807) is 0 Å². The Morgan fingerprint density at radius 2 is 1.53 bits per heavy atom. The van der Waals surface area contributed by atoms with Crippen molar-refractivity contribution in [1.82, 2.24) is 10.2 Å². The normalized spacial score (nSPS) is 16.5. The fourth-order valence-corrected chi connectivity index (χ4v) is 3.86. The van der Waals surface area contributed by atoms with Gasteiger partial charge in [-0.1, -0.05) is 71.0 Å². The summed E-state index contributed by atoms with van der Waals surface area (Å²) in [7, 11) is 0. The summed E-state index contributed by atoms with van der Waals surface area (Å²) in [4.78, 5) is 15.2. The SMILES string of the molecule is CC(C)c1ccc([C@H](CNC(=O)c2ccc(C(C)(C)C)cc2)N2CCOCC2)cc1. The molecule has 1 atom stereocenters. The summed E-state index contributed by atoms with van der Waals surface area (Å²) in [6.45, 7) is 14.8. The molecule has 0 unspecified atom stereocenters. The molecule has 1 fully saturated rings. The van der Waals surface area contributed by atoms with Gasteiger partial charge in [-0.05, 0) is 40.2 Å². The maximum absolute atomic E-state index is 12.8. The second kappa shape index (κ2) is 9.76. The molecule has 0 aliphatic carbocycles. The first kappa shape index (κ1) is 22.5. The predicted octanol–water partition coefficient (Wildman–Crippen LogP) is 4.91. The number of nitrogens with one attached hydrogen (secondary N) is 1. The van der Waals surface area contributed by atoms with E-state index in [1.165, 1.54) is 16.7 Å². The van der Waals surface area contributed by atoms with Gasteiger partial charge >= 0.3 is 0 Å².